The second kappa shape index (κ2) is 4.63. The molecule has 1 aromatic carbocycles. The van der Waals surface area contributed by atoms with E-state index in [1.807, 2.05) is 31.2 Å². The van der Waals surface area contributed by atoms with Crippen LogP contribution < -0.4 is 11.3 Å². The fourth-order valence-electron chi connectivity index (χ4n) is 2.06. The monoisotopic (exact) mass is 294 g/mol. The largest absolute Gasteiger partial charge is 0.328 e. The molecule has 3 nitrogen and oxygen atoms in total. The summed E-state index contributed by atoms with van der Waals surface area (Å²) < 4.78 is 2.61. The zero-order chi connectivity index (χ0) is 12.6. The minimum atomic E-state index is -0.00713. The standard InChI is InChI=1S/C13H15BrN2O/c1-8(15)6-10-7-9-4-3-5-11(14)12(9)16(2)13(10)17/h3-5,7-8H,6,15H2,1-2H3. The maximum atomic E-state index is 12.2. The minimum absolute atomic E-state index is 0.00713. The molecule has 0 saturated carbocycles. The molecule has 1 aromatic heterocycles. The van der Waals surface area contributed by atoms with Gasteiger partial charge in [0, 0.05) is 23.1 Å². The van der Waals surface area contributed by atoms with Crippen molar-refractivity contribution in [1.29, 1.82) is 0 Å². The molecule has 0 spiro atoms. The highest BCUT2D eigenvalue weighted by Gasteiger charge is 2.10. The van der Waals surface area contributed by atoms with Crippen molar-refractivity contribution in [3.63, 3.8) is 0 Å². The SMILES string of the molecule is CC(N)Cc1cc2cccc(Br)c2n(C)c1=O. The number of fused-ring (bicyclic) bond motifs is 1. The number of aromatic nitrogens is 1. The third kappa shape index (κ3) is 2.28. The van der Waals surface area contributed by atoms with Crippen LogP contribution in [0.2, 0.25) is 0 Å². The molecule has 2 N–H and O–H groups in total. The van der Waals surface area contributed by atoms with Gasteiger partial charge in [0.05, 0.1) is 5.52 Å². The molecule has 1 unspecified atom stereocenters. The van der Waals surface area contributed by atoms with E-state index in [4.69, 9.17) is 5.73 Å². The predicted molar refractivity (Wildman–Crippen MR) is 74.2 cm³/mol. The average molecular weight is 295 g/mol. The first-order valence-corrected chi connectivity index (χ1v) is 6.32. The van der Waals surface area contributed by atoms with Gasteiger partial charge in [0.15, 0.2) is 0 Å². The third-order valence-electron chi connectivity index (χ3n) is 2.80. The highest BCUT2D eigenvalue weighted by molar-refractivity contribution is 9.10. The topological polar surface area (TPSA) is 48.0 Å². The molecule has 0 fully saturated rings. The van der Waals surface area contributed by atoms with Crippen LogP contribution >= 0.6 is 15.9 Å². The Hall–Kier alpha value is -1.13. The van der Waals surface area contributed by atoms with Gasteiger partial charge in [-0.25, -0.2) is 0 Å². The highest BCUT2D eigenvalue weighted by atomic mass is 79.9. The van der Waals surface area contributed by atoms with Gasteiger partial charge in [0.1, 0.15) is 0 Å². The molecule has 1 atom stereocenters. The molecular weight excluding hydrogens is 280 g/mol. The van der Waals surface area contributed by atoms with Crippen LogP contribution in [0.5, 0.6) is 0 Å². The van der Waals surface area contributed by atoms with Gasteiger partial charge in [0.25, 0.3) is 5.56 Å². The Morgan fingerprint density at radius 1 is 1.47 bits per heavy atom. The Kier molecular flexibility index (Phi) is 3.35. The Bertz CT molecular complexity index is 617. The van der Waals surface area contributed by atoms with E-state index in [1.165, 1.54) is 0 Å². The van der Waals surface area contributed by atoms with Crippen LogP contribution in [0.15, 0.2) is 33.5 Å². The summed E-state index contributed by atoms with van der Waals surface area (Å²) in [5.41, 5.74) is 7.48. The molecule has 17 heavy (non-hydrogen) atoms. The lowest BCUT2D eigenvalue weighted by molar-refractivity contribution is 0.722. The molecule has 4 heteroatoms. The molecule has 0 radical (unpaired) electrons. The van der Waals surface area contributed by atoms with Crippen molar-refractivity contribution >= 4 is 26.8 Å². The van der Waals surface area contributed by atoms with Gasteiger partial charge in [-0.1, -0.05) is 12.1 Å². The molecule has 0 saturated heterocycles. The molecular formula is C13H15BrN2O. The first kappa shape index (κ1) is 12.3. The molecule has 1 heterocycles. The molecule has 0 amide bonds. The van der Waals surface area contributed by atoms with Crippen molar-refractivity contribution < 1.29 is 0 Å². The summed E-state index contributed by atoms with van der Waals surface area (Å²) in [7, 11) is 1.79. The Labute approximate surface area is 108 Å². The number of aryl methyl sites for hydroxylation is 1. The van der Waals surface area contributed by atoms with Crippen molar-refractivity contribution in [3.05, 3.63) is 44.7 Å². The zero-order valence-corrected chi connectivity index (χ0v) is 11.5. The molecule has 0 aliphatic rings. The molecule has 0 bridgehead atoms. The van der Waals surface area contributed by atoms with Crippen LogP contribution in [0.3, 0.4) is 0 Å². The van der Waals surface area contributed by atoms with Gasteiger partial charge in [-0.2, -0.15) is 0 Å². The predicted octanol–water partition coefficient (Wildman–Crippen LogP) is 2.19. The summed E-state index contributed by atoms with van der Waals surface area (Å²) in [6, 6.07) is 7.84. The first-order chi connectivity index (χ1) is 8.00. The maximum absolute atomic E-state index is 12.2. The first-order valence-electron chi connectivity index (χ1n) is 5.53. The molecule has 0 aliphatic heterocycles. The van der Waals surface area contributed by atoms with Crippen molar-refractivity contribution in [3.8, 4) is 0 Å². The Morgan fingerprint density at radius 2 is 2.18 bits per heavy atom. The Morgan fingerprint density at radius 3 is 2.82 bits per heavy atom. The lowest BCUT2D eigenvalue weighted by Crippen LogP contribution is -2.27. The summed E-state index contributed by atoms with van der Waals surface area (Å²) >= 11 is 3.47. The number of hydrogen-bond acceptors (Lipinski definition) is 2. The quantitative estimate of drug-likeness (QED) is 0.923. The van der Waals surface area contributed by atoms with Crippen LogP contribution in [0.1, 0.15) is 12.5 Å². The van der Waals surface area contributed by atoms with E-state index < -0.39 is 0 Å². The van der Waals surface area contributed by atoms with Crippen molar-refractivity contribution in [1.82, 2.24) is 4.57 Å². The lowest BCUT2D eigenvalue weighted by atomic mass is 10.1. The molecule has 0 aliphatic carbocycles. The third-order valence-corrected chi connectivity index (χ3v) is 3.44. The number of benzene rings is 1. The van der Waals surface area contributed by atoms with Crippen LogP contribution in [0.25, 0.3) is 10.9 Å². The number of rotatable bonds is 2. The van der Waals surface area contributed by atoms with E-state index in [-0.39, 0.29) is 11.6 Å². The number of hydrogen-bond donors (Lipinski definition) is 1. The highest BCUT2D eigenvalue weighted by Crippen LogP contribution is 2.22. The van der Waals surface area contributed by atoms with Crippen molar-refractivity contribution in [2.75, 3.05) is 0 Å². The van der Waals surface area contributed by atoms with E-state index in [0.29, 0.717) is 6.42 Å². The number of pyridine rings is 1. The fraction of sp³-hybridized carbons (Fsp3) is 0.308. The molecule has 2 aromatic rings. The zero-order valence-electron chi connectivity index (χ0n) is 9.90. The summed E-state index contributed by atoms with van der Waals surface area (Å²) in [6.07, 6.45) is 0.606. The van der Waals surface area contributed by atoms with E-state index in [0.717, 1.165) is 20.9 Å². The van der Waals surface area contributed by atoms with Gasteiger partial charge < -0.3 is 10.3 Å². The van der Waals surface area contributed by atoms with Crippen molar-refractivity contribution in [2.45, 2.75) is 19.4 Å². The summed E-state index contributed by atoms with van der Waals surface area (Å²) in [6.45, 7) is 1.91. The van der Waals surface area contributed by atoms with Gasteiger partial charge in [0.2, 0.25) is 0 Å². The van der Waals surface area contributed by atoms with E-state index >= 15 is 0 Å². The number of para-hydroxylation sites is 1. The summed E-state index contributed by atoms with van der Waals surface area (Å²) in [5.74, 6) is 0. The smallest absolute Gasteiger partial charge is 0.254 e. The average Bonchev–Trinajstić information content (AvgIpc) is 2.24. The van der Waals surface area contributed by atoms with Crippen LogP contribution in [-0.2, 0) is 13.5 Å². The minimum Gasteiger partial charge on any atom is -0.328 e. The van der Waals surface area contributed by atoms with E-state index in [2.05, 4.69) is 15.9 Å². The second-order valence-electron chi connectivity index (χ2n) is 4.39. The fourth-order valence-corrected chi connectivity index (χ4v) is 2.71. The lowest BCUT2D eigenvalue weighted by Gasteiger charge is -2.11. The number of nitrogens with two attached hydrogens (primary N) is 1. The van der Waals surface area contributed by atoms with Gasteiger partial charge in [-0.3, -0.25) is 4.79 Å². The van der Waals surface area contributed by atoms with E-state index in [1.54, 1.807) is 11.6 Å². The Balaban J connectivity index is 2.76. The summed E-state index contributed by atoms with van der Waals surface area (Å²) in [5, 5.41) is 1.05. The molecule has 2 rings (SSSR count). The summed E-state index contributed by atoms with van der Waals surface area (Å²) in [4.78, 5) is 12.2. The van der Waals surface area contributed by atoms with Crippen LogP contribution in [0, 0.1) is 0 Å². The van der Waals surface area contributed by atoms with Gasteiger partial charge in [-0.15, -0.1) is 0 Å². The van der Waals surface area contributed by atoms with Gasteiger partial charge in [-0.05, 0) is 46.8 Å². The molecule has 90 valence electrons. The van der Waals surface area contributed by atoms with Gasteiger partial charge >= 0.3 is 0 Å². The van der Waals surface area contributed by atoms with Crippen LogP contribution in [-0.4, -0.2) is 10.6 Å². The second-order valence-corrected chi connectivity index (χ2v) is 5.25. The maximum Gasteiger partial charge on any atom is 0.254 e. The van der Waals surface area contributed by atoms with Crippen LogP contribution in [0.4, 0.5) is 0 Å². The number of halogens is 1. The van der Waals surface area contributed by atoms with E-state index in [9.17, 15) is 4.79 Å². The number of nitrogens with zero attached hydrogens (tertiary/aromatic N) is 1. The normalized spacial score (nSPS) is 12.9. The van der Waals surface area contributed by atoms with Crippen molar-refractivity contribution in [2.24, 2.45) is 12.8 Å².